The van der Waals surface area contributed by atoms with Crippen molar-refractivity contribution in [3.8, 4) is 16.9 Å². The van der Waals surface area contributed by atoms with Gasteiger partial charge in [-0.05, 0) is 67.6 Å². The Morgan fingerprint density at radius 1 is 1.14 bits per heavy atom. The predicted octanol–water partition coefficient (Wildman–Crippen LogP) is 5.45. The Morgan fingerprint density at radius 2 is 1.84 bits per heavy atom. The fourth-order valence-corrected chi connectivity index (χ4v) is 4.49. The predicted molar refractivity (Wildman–Crippen MR) is 137 cm³/mol. The molecule has 2 aromatic carbocycles. The molecule has 1 aromatic heterocycles. The highest BCUT2D eigenvalue weighted by Gasteiger charge is 2.30. The summed E-state index contributed by atoms with van der Waals surface area (Å²) >= 11 is 0. The molecule has 0 atom stereocenters. The third-order valence-corrected chi connectivity index (χ3v) is 6.58. The van der Waals surface area contributed by atoms with Crippen molar-refractivity contribution in [1.82, 2.24) is 15.2 Å². The van der Waals surface area contributed by atoms with E-state index in [1.165, 1.54) is 18.3 Å². The van der Waals surface area contributed by atoms with Crippen LogP contribution >= 0.6 is 0 Å². The lowest BCUT2D eigenvalue weighted by Crippen LogP contribution is -2.44. The van der Waals surface area contributed by atoms with Gasteiger partial charge in [-0.1, -0.05) is 24.3 Å². The third-order valence-electron chi connectivity index (χ3n) is 6.58. The lowest BCUT2D eigenvalue weighted by Gasteiger charge is -2.32. The molecule has 4 rings (SSSR count). The van der Waals surface area contributed by atoms with Crippen molar-refractivity contribution in [2.75, 3.05) is 25.4 Å². The molecule has 37 heavy (non-hydrogen) atoms. The largest absolute Gasteiger partial charge is 0.493 e. The quantitative estimate of drug-likeness (QED) is 0.440. The van der Waals surface area contributed by atoms with Crippen LogP contribution in [-0.4, -0.2) is 41.5 Å². The fourth-order valence-electron chi connectivity index (χ4n) is 4.49. The molecule has 0 aliphatic carbocycles. The molecule has 1 saturated heterocycles. The van der Waals surface area contributed by atoms with E-state index >= 15 is 0 Å². The number of anilines is 1. The average molecular weight is 513 g/mol. The smallest absolute Gasteiger partial charge is 0.416 e. The van der Waals surface area contributed by atoms with Gasteiger partial charge < -0.3 is 15.8 Å². The lowest BCUT2D eigenvalue weighted by molar-refractivity contribution is -0.137. The van der Waals surface area contributed by atoms with Crippen molar-refractivity contribution in [3.05, 3.63) is 77.0 Å². The molecule has 2 heterocycles. The number of carbonyl (C=O) groups excluding carboxylic acids is 1. The SMILES string of the molecule is CCOc1cc(CN2CCC(NC(=O)c3cnc(N)c(C)c3)CC2)ccc1-c1ccc(C(F)(F)F)cc1. The number of likely N-dealkylation sites (tertiary alicyclic amines) is 1. The van der Waals surface area contributed by atoms with Gasteiger partial charge in [-0.15, -0.1) is 0 Å². The minimum atomic E-state index is -4.37. The molecule has 196 valence electrons. The van der Waals surface area contributed by atoms with Crippen molar-refractivity contribution < 1.29 is 22.7 Å². The van der Waals surface area contributed by atoms with E-state index in [1.54, 1.807) is 6.07 Å². The van der Waals surface area contributed by atoms with Gasteiger partial charge in [0.15, 0.2) is 0 Å². The van der Waals surface area contributed by atoms with Crippen LogP contribution < -0.4 is 15.8 Å². The van der Waals surface area contributed by atoms with Crippen molar-refractivity contribution in [2.45, 2.75) is 45.5 Å². The Morgan fingerprint density at radius 3 is 2.46 bits per heavy atom. The highest BCUT2D eigenvalue weighted by molar-refractivity contribution is 5.94. The highest BCUT2D eigenvalue weighted by Crippen LogP contribution is 2.35. The van der Waals surface area contributed by atoms with Gasteiger partial charge in [-0.2, -0.15) is 13.2 Å². The molecule has 1 fully saturated rings. The molecule has 0 bridgehead atoms. The standard InChI is InChI=1S/C28H31F3N4O2/c1-3-37-25-15-19(4-9-24(25)20-5-7-22(8-6-20)28(29,30)31)17-35-12-10-23(11-13-35)34-27(36)21-14-18(2)26(32)33-16-21/h4-9,14-16,23H,3,10-13,17H2,1-2H3,(H2,32,33)(H,34,36). The molecule has 1 aliphatic heterocycles. The van der Waals surface area contributed by atoms with Crippen molar-refractivity contribution in [2.24, 2.45) is 0 Å². The Balaban J connectivity index is 1.36. The Hall–Kier alpha value is -3.59. The number of hydrogen-bond donors (Lipinski definition) is 2. The van der Waals surface area contributed by atoms with E-state index in [0.29, 0.717) is 29.3 Å². The summed E-state index contributed by atoms with van der Waals surface area (Å²) in [6.07, 6.45) is -1.21. The second-order valence-corrected chi connectivity index (χ2v) is 9.29. The summed E-state index contributed by atoms with van der Waals surface area (Å²) in [5.74, 6) is 0.924. The number of carbonyl (C=O) groups is 1. The van der Waals surface area contributed by atoms with E-state index in [4.69, 9.17) is 10.5 Å². The number of aryl methyl sites for hydroxylation is 1. The van der Waals surface area contributed by atoms with Crippen LogP contribution in [0.3, 0.4) is 0 Å². The van der Waals surface area contributed by atoms with Gasteiger partial charge in [-0.25, -0.2) is 4.98 Å². The van der Waals surface area contributed by atoms with E-state index in [2.05, 4.69) is 15.2 Å². The van der Waals surface area contributed by atoms with Crippen molar-refractivity contribution >= 4 is 11.7 Å². The van der Waals surface area contributed by atoms with E-state index < -0.39 is 11.7 Å². The number of piperidine rings is 1. The van der Waals surface area contributed by atoms with Gasteiger partial charge >= 0.3 is 6.18 Å². The molecular formula is C28H31F3N4O2. The van der Waals surface area contributed by atoms with Crippen LogP contribution in [0, 0.1) is 6.92 Å². The number of ether oxygens (including phenoxy) is 1. The van der Waals surface area contributed by atoms with Gasteiger partial charge in [0.25, 0.3) is 5.91 Å². The Labute approximate surface area is 214 Å². The van der Waals surface area contributed by atoms with E-state index in [0.717, 1.165) is 61.3 Å². The van der Waals surface area contributed by atoms with E-state index in [-0.39, 0.29) is 11.9 Å². The van der Waals surface area contributed by atoms with Gasteiger partial charge in [0.1, 0.15) is 11.6 Å². The number of aromatic nitrogens is 1. The Bertz CT molecular complexity index is 1240. The molecule has 3 N–H and O–H groups in total. The second-order valence-electron chi connectivity index (χ2n) is 9.29. The number of nitrogens with two attached hydrogens (primary N) is 1. The summed E-state index contributed by atoms with van der Waals surface area (Å²) in [7, 11) is 0. The summed E-state index contributed by atoms with van der Waals surface area (Å²) in [6, 6.07) is 12.8. The number of benzene rings is 2. The first kappa shape index (κ1) is 26.5. The molecule has 0 radical (unpaired) electrons. The molecular weight excluding hydrogens is 481 g/mol. The zero-order chi connectivity index (χ0) is 26.6. The molecule has 6 nitrogen and oxygen atoms in total. The van der Waals surface area contributed by atoms with Crippen LogP contribution in [0.15, 0.2) is 54.7 Å². The molecule has 0 spiro atoms. The summed E-state index contributed by atoms with van der Waals surface area (Å²) < 4.78 is 44.6. The fraction of sp³-hybridized carbons (Fsp3) is 0.357. The summed E-state index contributed by atoms with van der Waals surface area (Å²) in [6.45, 7) is 6.53. The van der Waals surface area contributed by atoms with Gasteiger partial charge in [-0.3, -0.25) is 9.69 Å². The van der Waals surface area contributed by atoms with Gasteiger partial charge in [0.2, 0.25) is 0 Å². The topological polar surface area (TPSA) is 80.5 Å². The maximum Gasteiger partial charge on any atom is 0.416 e. The molecule has 3 aromatic rings. The first-order chi connectivity index (χ1) is 17.6. The molecule has 1 amide bonds. The number of alkyl halides is 3. The summed E-state index contributed by atoms with van der Waals surface area (Å²) in [5.41, 5.74) is 8.84. The van der Waals surface area contributed by atoms with E-state index in [9.17, 15) is 18.0 Å². The number of rotatable bonds is 7. The number of nitrogens with one attached hydrogen (secondary N) is 1. The van der Waals surface area contributed by atoms with Crippen LogP contribution in [0.25, 0.3) is 11.1 Å². The van der Waals surface area contributed by atoms with Crippen molar-refractivity contribution in [1.29, 1.82) is 0 Å². The van der Waals surface area contributed by atoms with Crippen LogP contribution in [0.4, 0.5) is 19.0 Å². The normalized spacial score (nSPS) is 14.9. The number of amides is 1. The highest BCUT2D eigenvalue weighted by atomic mass is 19.4. The summed E-state index contributed by atoms with van der Waals surface area (Å²) in [5, 5.41) is 3.09. The van der Waals surface area contributed by atoms with Crippen molar-refractivity contribution in [3.63, 3.8) is 0 Å². The maximum absolute atomic E-state index is 12.9. The number of halogens is 3. The van der Waals surface area contributed by atoms with Crippen LogP contribution in [0.5, 0.6) is 5.75 Å². The third kappa shape index (κ3) is 6.60. The number of nitrogens with zero attached hydrogens (tertiary/aromatic N) is 2. The van der Waals surface area contributed by atoms with Crippen LogP contribution in [0.2, 0.25) is 0 Å². The first-order valence-corrected chi connectivity index (χ1v) is 12.3. The molecule has 1 aliphatic rings. The molecule has 9 heteroatoms. The number of pyridine rings is 1. The zero-order valence-electron chi connectivity index (χ0n) is 20.9. The number of hydrogen-bond acceptors (Lipinski definition) is 5. The first-order valence-electron chi connectivity index (χ1n) is 12.3. The number of nitrogen functional groups attached to an aromatic ring is 1. The minimum Gasteiger partial charge on any atom is -0.493 e. The maximum atomic E-state index is 12.9. The second kappa shape index (κ2) is 11.2. The van der Waals surface area contributed by atoms with E-state index in [1.807, 2.05) is 32.0 Å². The molecule has 0 saturated carbocycles. The lowest BCUT2D eigenvalue weighted by atomic mass is 10.00. The average Bonchev–Trinajstić information content (AvgIpc) is 2.87. The minimum absolute atomic E-state index is 0.0858. The van der Waals surface area contributed by atoms with Gasteiger partial charge in [0.05, 0.1) is 17.7 Å². The summed E-state index contributed by atoms with van der Waals surface area (Å²) in [4.78, 5) is 19.0. The Kier molecular flexibility index (Phi) is 8.02. The zero-order valence-corrected chi connectivity index (χ0v) is 20.9. The van der Waals surface area contributed by atoms with Crippen LogP contribution in [0.1, 0.15) is 46.8 Å². The molecule has 0 unspecified atom stereocenters. The van der Waals surface area contributed by atoms with Gasteiger partial charge in [0, 0.05) is 37.4 Å². The van der Waals surface area contributed by atoms with Crippen LogP contribution in [-0.2, 0) is 12.7 Å². The monoisotopic (exact) mass is 512 g/mol.